The molecule has 0 aliphatic heterocycles. The highest BCUT2D eigenvalue weighted by molar-refractivity contribution is 5.44. The van der Waals surface area contributed by atoms with Gasteiger partial charge in [0, 0.05) is 30.6 Å². The second kappa shape index (κ2) is 5.12. The van der Waals surface area contributed by atoms with Crippen LogP contribution in [0.1, 0.15) is 17.0 Å². The molecule has 0 aliphatic carbocycles. The fraction of sp³-hybridized carbons (Fsp3) is 0.250. The number of hydrogen-bond donors (Lipinski definition) is 2. The summed E-state index contributed by atoms with van der Waals surface area (Å²) in [5, 5.41) is 12.0. The van der Waals surface area contributed by atoms with Gasteiger partial charge in [-0.3, -0.25) is 0 Å². The summed E-state index contributed by atoms with van der Waals surface area (Å²) < 4.78 is 0. The molecule has 0 spiro atoms. The quantitative estimate of drug-likeness (QED) is 0.832. The Morgan fingerprint density at radius 2 is 2.35 bits per heavy atom. The van der Waals surface area contributed by atoms with Crippen molar-refractivity contribution >= 4 is 5.82 Å². The van der Waals surface area contributed by atoms with E-state index < -0.39 is 0 Å². The first kappa shape index (κ1) is 11.1. The van der Waals surface area contributed by atoms with Crippen molar-refractivity contribution in [2.45, 2.75) is 13.3 Å². The Morgan fingerprint density at radius 3 is 3.06 bits per heavy atom. The van der Waals surface area contributed by atoms with Crippen molar-refractivity contribution in [2.24, 2.45) is 0 Å². The monoisotopic (exact) mass is 227 g/mol. The number of anilines is 1. The summed E-state index contributed by atoms with van der Waals surface area (Å²) in [4.78, 5) is 11.3. The van der Waals surface area contributed by atoms with E-state index in [1.165, 1.54) is 0 Å². The Kier molecular flexibility index (Phi) is 3.36. The largest absolute Gasteiger partial charge is 0.370 e. The van der Waals surface area contributed by atoms with Gasteiger partial charge in [-0.2, -0.15) is 5.26 Å². The highest BCUT2D eigenvalue weighted by atomic mass is 15.0. The molecule has 0 amide bonds. The highest BCUT2D eigenvalue weighted by Crippen LogP contribution is 2.09. The van der Waals surface area contributed by atoms with Crippen LogP contribution in [-0.4, -0.2) is 21.5 Å². The fourth-order valence-corrected chi connectivity index (χ4v) is 1.57. The summed E-state index contributed by atoms with van der Waals surface area (Å²) in [5.74, 6) is 0.737. The molecule has 0 unspecified atom stereocenters. The minimum absolute atomic E-state index is 0.626. The molecule has 2 rings (SSSR count). The standard InChI is InChI=1S/C12H13N5/c1-9-4-10(6-13)5-12(17-9)15-3-2-11-7-14-8-16-11/h4-5,7-8H,2-3H2,1H3,(H,14,16)(H,15,17). The van der Waals surface area contributed by atoms with Gasteiger partial charge in [0.2, 0.25) is 0 Å². The van der Waals surface area contributed by atoms with E-state index in [-0.39, 0.29) is 0 Å². The molecular formula is C12H13N5. The van der Waals surface area contributed by atoms with Crippen molar-refractivity contribution in [3.63, 3.8) is 0 Å². The van der Waals surface area contributed by atoms with Crippen molar-refractivity contribution < 1.29 is 0 Å². The first-order valence-electron chi connectivity index (χ1n) is 5.38. The number of hydrogen-bond acceptors (Lipinski definition) is 4. The Balaban J connectivity index is 1.95. The normalized spacial score (nSPS) is 9.88. The third kappa shape index (κ3) is 3.05. The maximum atomic E-state index is 8.84. The molecule has 0 atom stereocenters. The van der Waals surface area contributed by atoms with Gasteiger partial charge in [-0.25, -0.2) is 9.97 Å². The number of pyridine rings is 1. The smallest absolute Gasteiger partial charge is 0.127 e. The van der Waals surface area contributed by atoms with Gasteiger partial charge in [-0.1, -0.05) is 0 Å². The number of aromatic nitrogens is 3. The molecule has 2 N–H and O–H groups in total. The third-order valence-electron chi connectivity index (χ3n) is 2.34. The lowest BCUT2D eigenvalue weighted by molar-refractivity contribution is 0.964. The Hall–Kier alpha value is -2.35. The Bertz CT molecular complexity index is 524. The molecule has 5 heteroatoms. The summed E-state index contributed by atoms with van der Waals surface area (Å²) in [6.07, 6.45) is 4.30. The molecule has 0 aliphatic rings. The summed E-state index contributed by atoms with van der Waals surface area (Å²) in [6, 6.07) is 5.63. The molecule has 2 heterocycles. The van der Waals surface area contributed by atoms with E-state index in [4.69, 9.17) is 5.26 Å². The second-order valence-electron chi connectivity index (χ2n) is 3.75. The molecule has 0 fully saturated rings. The molecule has 0 saturated heterocycles. The van der Waals surface area contributed by atoms with Crippen LogP contribution in [0.4, 0.5) is 5.82 Å². The number of nitrogens with one attached hydrogen (secondary N) is 2. The second-order valence-corrected chi connectivity index (χ2v) is 3.75. The van der Waals surface area contributed by atoms with E-state index in [0.717, 1.165) is 30.2 Å². The van der Waals surface area contributed by atoms with Crippen molar-refractivity contribution in [3.8, 4) is 6.07 Å². The Morgan fingerprint density at radius 1 is 1.47 bits per heavy atom. The van der Waals surface area contributed by atoms with E-state index in [1.807, 2.05) is 6.92 Å². The lowest BCUT2D eigenvalue weighted by Gasteiger charge is -2.05. The number of rotatable bonds is 4. The molecule has 5 nitrogen and oxygen atoms in total. The average molecular weight is 227 g/mol. The molecular weight excluding hydrogens is 214 g/mol. The lowest BCUT2D eigenvalue weighted by atomic mass is 10.2. The van der Waals surface area contributed by atoms with Crippen LogP contribution < -0.4 is 5.32 Å². The third-order valence-corrected chi connectivity index (χ3v) is 2.34. The molecule has 0 radical (unpaired) electrons. The number of imidazole rings is 1. The fourth-order valence-electron chi connectivity index (χ4n) is 1.57. The van der Waals surface area contributed by atoms with Gasteiger partial charge in [0.15, 0.2) is 0 Å². The zero-order valence-electron chi connectivity index (χ0n) is 9.57. The van der Waals surface area contributed by atoms with Crippen LogP contribution in [0.25, 0.3) is 0 Å². The topological polar surface area (TPSA) is 77.4 Å². The molecule has 0 aromatic carbocycles. The highest BCUT2D eigenvalue weighted by Gasteiger charge is 1.99. The maximum Gasteiger partial charge on any atom is 0.127 e. The predicted octanol–water partition coefficient (Wildman–Crippen LogP) is 1.64. The SMILES string of the molecule is Cc1cc(C#N)cc(NCCc2cnc[nH]2)n1. The van der Waals surface area contributed by atoms with Crippen LogP contribution in [0, 0.1) is 18.3 Å². The van der Waals surface area contributed by atoms with Crippen LogP contribution in [0.15, 0.2) is 24.7 Å². The zero-order chi connectivity index (χ0) is 12.1. The maximum absolute atomic E-state index is 8.84. The first-order valence-corrected chi connectivity index (χ1v) is 5.38. The number of nitrogens with zero attached hydrogens (tertiary/aromatic N) is 3. The lowest BCUT2D eigenvalue weighted by Crippen LogP contribution is -2.07. The molecule has 0 bridgehead atoms. The van der Waals surface area contributed by atoms with Crippen molar-refractivity contribution in [2.75, 3.05) is 11.9 Å². The Labute approximate surface area is 99.5 Å². The van der Waals surface area contributed by atoms with Crippen LogP contribution in [0.5, 0.6) is 0 Å². The van der Waals surface area contributed by atoms with E-state index in [9.17, 15) is 0 Å². The van der Waals surface area contributed by atoms with E-state index in [1.54, 1.807) is 24.7 Å². The molecule has 86 valence electrons. The van der Waals surface area contributed by atoms with Gasteiger partial charge in [-0.05, 0) is 19.1 Å². The molecule has 2 aromatic heterocycles. The van der Waals surface area contributed by atoms with E-state index in [2.05, 4.69) is 26.3 Å². The first-order chi connectivity index (χ1) is 8.28. The van der Waals surface area contributed by atoms with Gasteiger partial charge in [0.1, 0.15) is 5.82 Å². The van der Waals surface area contributed by atoms with Crippen molar-refractivity contribution in [3.05, 3.63) is 41.6 Å². The summed E-state index contributed by atoms with van der Waals surface area (Å²) >= 11 is 0. The van der Waals surface area contributed by atoms with Gasteiger partial charge >= 0.3 is 0 Å². The van der Waals surface area contributed by atoms with Crippen LogP contribution in [0.2, 0.25) is 0 Å². The van der Waals surface area contributed by atoms with Gasteiger partial charge < -0.3 is 10.3 Å². The number of nitriles is 1. The van der Waals surface area contributed by atoms with Crippen LogP contribution >= 0.6 is 0 Å². The van der Waals surface area contributed by atoms with Gasteiger partial charge in [-0.15, -0.1) is 0 Å². The summed E-state index contributed by atoms with van der Waals surface area (Å²) in [7, 11) is 0. The zero-order valence-corrected chi connectivity index (χ0v) is 9.57. The van der Waals surface area contributed by atoms with Crippen molar-refractivity contribution in [1.29, 1.82) is 5.26 Å². The minimum atomic E-state index is 0.626. The van der Waals surface area contributed by atoms with Crippen LogP contribution in [-0.2, 0) is 6.42 Å². The van der Waals surface area contributed by atoms with Crippen molar-refractivity contribution in [1.82, 2.24) is 15.0 Å². The predicted molar refractivity (Wildman–Crippen MR) is 64.5 cm³/mol. The average Bonchev–Trinajstić information content (AvgIpc) is 2.81. The number of aryl methyl sites for hydroxylation is 1. The molecule has 0 saturated carbocycles. The van der Waals surface area contributed by atoms with E-state index >= 15 is 0 Å². The van der Waals surface area contributed by atoms with Crippen LogP contribution in [0.3, 0.4) is 0 Å². The van der Waals surface area contributed by atoms with Gasteiger partial charge in [0.05, 0.1) is 18.0 Å². The molecule has 17 heavy (non-hydrogen) atoms. The minimum Gasteiger partial charge on any atom is -0.370 e. The molecule has 2 aromatic rings. The number of H-pyrrole nitrogens is 1. The summed E-state index contributed by atoms with van der Waals surface area (Å²) in [6.45, 7) is 2.63. The van der Waals surface area contributed by atoms with Gasteiger partial charge in [0.25, 0.3) is 0 Å². The summed E-state index contributed by atoms with van der Waals surface area (Å²) in [5.41, 5.74) is 2.54. The number of aromatic amines is 1. The van der Waals surface area contributed by atoms with E-state index in [0.29, 0.717) is 5.56 Å².